The molecule has 2 atom stereocenters. The molecule has 1 rings (SSSR count). The molecule has 1 aromatic rings. The molecule has 0 aromatic heterocycles. The maximum atomic E-state index is 11.1. The van der Waals surface area contributed by atoms with Crippen LogP contribution in [-0.2, 0) is 27.2 Å². The normalized spacial score (nSPS) is 12.6. The number of carboxylic acids is 3. The van der Waals surface area contributed by atoms with E-state index in [4.69, 9.17) is 21.1 Å². The lowest BCUT2D eigenvalue weighted by atomic mass is 10.0. The number of nitrogens with two attached hydrogens (primary N) is 1. The van der Waals surface area contributed by atoms with Crippen molar-refractivity contribution < 1.29 is 29.7 Å². The van der Waals surface area contributed by atoms with Crippen molar-refractivity contribution in [1.29, 1.82) is 0 Å². The van der Waals surface area contributed by atoms with E-state index in [0.29, 0.717) is 25.2 Å². The lowest BCUT2D eigenvalue weighted by molar-refractivity contribution is -0.141. The highest BCUT2D eigenvalue weighted by molar-refractivity contribution is 5.73. The van der Waals surface area contributed by atoms with E-state index in [0.717, 1.165) is 12.0 Å². The Morgan fingerprint density at radius 3 is 1.93 bits per heavy atom. The van der Waals surface area contributed by atoms with Gasteiger partial charge in [0.15, 0.2) is 0 Å². The molecular formula is C21H34N2O6. The van der Waals surface area contributed by atoms with E-state index in [9.17, 15) is 14.4 Å². The van der Waals surface area contributed by atoms with Crippen LogP contribution in [0.25, 0.3) is 0 Å². The number of hydrogen-bond donors (Lipinski definition) is 5. The van der Waals surface area contributed by atoms with Crippen molar-refractivity contribution in [1.82, 2.24) is 5.32 Å². The van der Waals surface area contributed by atoms with Crippen molar-refractivity contribution in [3.63, 3.8) is 0 Å². The zero-order chi connectivity index (χ0) is 22.4. The van der Waals surface area contributed by atoms with Crippen molar-refractivity contribution in [2.75, 3.05) is 6.54 Å². The first kappa shape index (κ1) is 26.6. The summed E-state index contributed by atoms with van der Waals surface area (Å²) in [5.41, 5.74) is 7.56. The number of carboxylic acid groups (broad SMARTS) is 3. The summed E-state index contributed by atoms with van der Waals surface area (Å²) in [6, 6.07) is 6.71. The van der Waals surface area contributed by atoms with E-state index in [2.05, 4.69) is 12.2 Å². The van der Waals surface area contributed by atoms with Crippen molar-refractivity contribution >= 4 is 17.9 Å². The Balaban J connectivity index is 0.000000734. The van der Waals surface area contributed by atoms with Gasteiger partial charge in [-0.2, -0.15) is 0 Å². The number of nitrogens with one attached hydrogen (secondary N) is 1. The van der Waals surface area contributed by atoms with Gasteiger partial charge in [-0.05, 0) is 42.7 Å². The van der Waals surface area contributed by atoms with Crippen LogP contribution in [0.5, 0.6) is 0 Å². The number of benzene rings is 1. The number of hydrogen-bond acceptors (Lipinski definition) is 5. The van der Waals surface area contributed by atoms with Crippen molar-refractivity contribution in [2.45, 2.75) is 65.0 Å². The molecule has 6 N–H and O–H groups in total. The van der Waals surface area contributed by atoms with Gasteiger partial charge in [-0.3, -0.25) is 14.4 Å². The third kappa shape index (κ3) is 13.4. The van der Waals surface area contributed by atoms with Gasteiger partial charge < -0.3 is 26.4 Å². The summed E-state index contributed by atoms with van der Waals surface area (Å²) in [4.78, 5) is 31.6. The average Bonchev–Trinajstić information content (AvgIpc) is 2.64. The molecule has 8 heteroatoms. The molecule has 8 nitrogen and oxygen atoms in total. The van der Waals surface area contributed by atoms with Crippen LogP contribution in [0.1, 0.15) is 51.2 Å². The van der Waals surface area contributed by atoms with E-state index in [1.54, 1.807) is 0 Å². The van der Waals surface area contributed by atoms with Crippen molar-refractivity contribution in [2.24, 2.45) is 11.7 Å². The highest BCUT2D eigenvalue weighted by Gasteiger charge is 2.16. The second-order valence-electron chi connectivity index (χ2n) is 7.27. The third-order valence-corrected chi connectivity index (χ3v) is 4.22. The molecule has 0 heterocycles. The van der Waals surface area contributed by atoms with Crippen LogP contribution in [0.2, 0.25) is 0 Å². The van der Waals surface area contributed by atoms with Crippen LogP contribution in [0.15, 0.2) is 24.3 Å². The summed E-state index contributed by atoms with van der Waals surface area (Å²) in [6.45, 7) is 6.15. The maximum Gasteiger partial charge on any atom is 0.320 e. The quantitative estimate of drug-likeness (QED) is 0.352. The Bertz CT molecular complexity index is 631. The molecule has 0 fully saturated rings. The molecular weight excluding hydrogens is 376 g/mol. The zero-order valence-electron chi connectivity index (χ0n) is 17.4. The predicted molar refractivity (Wildman–Crippen MR) is 111 cm³/mol. The smallest absolute Gasteiger partial charge is 0.320 e. The molecule has 164 valence electrons. The minimum atomic E-state index is -0.944. The van der Waals surface area contributed by atoms with Crippen molar-refractivity contribution in [3.8, 4) is 0 Å². The fraction of sp³-hybridized carbons (Fsp3) is 0.571. The van der Waals surface area contributed by atoms with E-state index in [1.807, 2.05) is 38.1 Å². The molecule has 0 spiro atoms. The maximum absolute atomic E-state index is 11.1. The lowest BCUT2D eigenvalue weighted by Gasteiger charge is -2.13. The topological polar surface area (TPSA) is 150 Å². The highest BCUT2D eigenvalue weighted by Crippen LogP contribution is 2.09. The van der Waals surface area contributed by atoms with Crippen LogP contribution >= 0.6 is 0 Å². The van der Waals surface area contributed by atoms with E-state index in [-0.39, 0.29) is 13.0 Å². The van der Waals surface area contributed by atoms with Gasteiger partial charge in [0.2, 0.25) is 0 Å². The Hall–Kier alpha value is -2.45. The molecule has 0 aliphatic carbocycles. The van der Waals surface area contributed by atoms with E-state index < -0.39 is 30.0 Å². The van der Waals surface area contributed by atoms with Gasteiger partial charge in [-0.25, -0.2) is 0 Å². The average molecular weight is 411 g/mol. The SMILES string of the molecule is CC(C)C[C@H](N)C(=O)O.CCc1ccc(CC[C@@H](NCCC(=O)O)C(=O)O)cc1. The summed E-state index contributed by atoms with van der Waals surface area (Å²) in [5, 5.41) is 28.7. The van der Waals surface area contributed by atoms with Crippen LogP contribution in [0.3, 0.4) is 0 Å². The summed E-state index contributed by atoms with van der Waals surface area (Å²) >= 11 is 0. The fourth-order valence-electron chi connectivity index (χ4n) is 2.53. The largest absolute Gasteiger partial charge is 0.481 e. The summed E-state index contributed by atoms with van der Waals surface area (Å²) < 4.78 is 0. The number of carbonyl (C=O) groups is 3. The molecule has 0 saturated heterocycles. The van der Waals surface area contributed by atoms with E-state index in [1.165, 1.54) is 5.56 Å². The molecule has 0 bridgehead atoms. The van der Waals surface area contributed by atoms with Gasteiger partial charge >= 0.3 is 17.9 Å². The monoisotopic (exact) mass is 410 g/mol. The molecule has 0 unspecified atom stereocenters. The minimum absolute atomic E-state index is 0.0744. The number of rotatable bonds is 12. The first-order valence-electron chi connectivity index (χ1n) is 9.80. The molecule has 0 aliphatic rings. The Morgan fingerprint density at radius 2 is 1.55 bits per heavy atom. The summed E-state index contributed by atoms with van der Waals surface area (Å²) in [7, 11) is 0. The second kappa shape index (κ2) is 14.5. The van der Waals surface area contributed by atoms with Crippen LogP contribution in [0.4, 0.5) is 0 Å². The summed E-state index contributed by atoms with van der Waals surface area (Å²) in [5.74, 6) is -2.43. The van der Waals surface area contributed by atoms with E-state index >= 15 is 0 Å². The van der Waals surface area contributed by atoms with Gasteiger partial charge in [0.05, 0.1) is 6.42 Å². The Morgan fingerprint density at radius 1 is 1.00 bits per heavy atom. The second-order valence-corrected chi connectivity index (χ2v) is 7.27. The van der Waals surface area contributed by atoms with Crippen LogP contribution in [0, 0.1) is 5.92 Å². The molecule has 0 aliphatic heterocycles. The van der Waals surface area contributed by atoms with Gasteiger partial charge in [0, 0.05) is 6.54 Å². The van der Waals surface area contributed by atoms with Gasteiger partial charge in [-0.1, -0.05) is 45.0 Å². The van der Waals surface area contributed by atoms with Gasteiger partial charge in [-0.15, -0.1) is 0 Å². The molecule has 0 amide bonds. The fourth-order valence-corrected chi connectivity index (χ4v) is 2.53. The zero-order valence-corrected chi connectivity index (χ0v) is 17.4. The molecule has 0 saturated carbocycles. The minimum Gasteiger partial charge on any atom is -0.481 e. The standard InChI is InChI=1S/C15H21NO4.C6H13NO2/c1-2-11-3-5-12(6-4-11)7-8-13(15(19)20)16-10-9-14(17)18;1-4(2)3-5(7)6(8)9/h3-6,13,16H,2,7-10H2,1H3,(H,17,18)(H,19,20);4-5H,3,7H2,1-2H3,(H,8,9)/t13-;5-/m10/s1. The first-order chi connectivity index (χ1) is 13.6. The molecule has 29 heavy (non-hydrogen) atoms. The van der Waals surface area contributed by atoms with Crippen molar-refractivity contribution in [3.05, 3.63) is 35.4 Å². The number of aryl methyl sites for hydroxylation is 2. The predicted octanol–water partition coefficient (Wildman–Crippen LogP) is 2.14. The van der Waals surface area contributed by atoms with Gasteiger partial charge in [0.1, 0.15) is 12.1 Å². The third-order valence-electron chi connectivity index (χ3n) is 4.22. The molecule has 1 aromatic carbocycles. The first-order valence-corrected chi connectivity index (χ1v) is 9.80. The Labute approximate surface area is 172 Å². The Kier molecular flexibility index (Phi) is 13.3. The van der Waals surface area contributed by atoms with Gasteiger partial charge in [0.25, 0.3) is 0 Å². The van der Waals surface area contributed by atoms with Crippen LogP contribution in [-0.4, -0.2) is 51.9 Å². The van der Waals surface area contributed by atoms with Crippen LogP contribution < -0.4 is 11.1 Å². The highest BCUT2D eigenvalue weighted by atomic mass is 16.4. The summed E-state index contributed by atoms with van der Waals surface area (Å²) in [6.07, 6.45) is 2.56. The molecule has 0 radical (unpaired) electrons. The number of aliphatic carboxylic acids is 3. The lowest BCUT2D eigenvalue weighted by Crippen LogP contribution is -2.38.